The van der Waals surface area contributed by atoms with Gasteiger partial charge in [0.15, 0.2) is 0 Å². The SMILES string of the molecule is Nc1cc(C(=O)O)c(N2CCN(C3CC3)CC2)cn1. The third kappa shape index (κ3) is 2.49. The number of rotatable bonds is 3. The largest absolute Gasteiger partial charge is 0.478 e. The molecular formula is C13H18N4O2. The van der Waals surface area contributed by atoms with Crippen LogP contribution in [0.25, 0.3) is 0 Å². The topological polar surface area (TPSA) is 82.7 Å². The highest BCUT2D eigenvalue weighted by atomic mass is 16.4. The van der Waals surface area contributed by atoms with Crippen LogP contribution in [0.2, 0.25) is 0 Å². The van der Waals surface area contributed by atoms with Crippen molar-refractivity contribution >= 4 is 17.5 Å². The fourth-order valence-corrected chi connectivity index (χ4v) is 2.66. The van der Waals surface area contributed by atoms with Crippen LogP contribution in [0.1, 0.15) is 23.2 Å². The van der Waals surface area contributed by atoms with E-state index in [9.17, 15) is 9.90 Å². The van der Waals surface area contributed by atoms with E-state index < -0.39 is 5.97 Å². The smallest absolute Gasteiger partial charge is 0.338 e. The van der Waals surface area contributed by atoms with Gasteiger partial charge in [0.2, 0.25) is 0 Å². The molecule has 0 atom stereocenters. The lowest BCUT2D eigenvalue weighted by Gasteiger charge is -2.36. The monoisotopic (exact) mass is 262 g/mol. The van der Waals surface area contributed by atoms with Gasteiger partial charge in [-0.2, -0.15) is 0 Å². The summed E-state index contributed by atoms with van der Waals surface area (Å²) < 4.78 is 0. The summed E-state index contributed by atoms with van der Waals surface area (Å²) in [5, 5.41) is 9.25. The number of nitrogens with zero attached hydrogens (tertiary/aromatic N) is 3. The molecule has 102 valence electrons. The number of hydrogen-bond donors (Lipinski definition) is 2. The number of aromatic carboxylic acids is 1. The standard InChI is InChI=1S/C13H18N4O2/c14-12-7-10(13(18)19)11(8-15-12)17-5-3-16(4-6-17)9-1-2-9/h7-9H,1-6H2,(H2,14,15)(H,18,19). The molecule has 2 aliphatic rings. The van der Waals surface area contributed by atoms with Crippen molar-refractivity contribution in [3.63, 3.8) is 0 Å². The maximum Gasteiger partial charge on any atom is 0.338 e. The first-order valence-electron chi connectivity index (χ1n) is 6.63. The summed E-state index contributed by atoms with van der Waals surface area (Å²) in [6, 6.07) is 2.20. The van der Waals surface area contributed by atoms with Crippen LogP contribution in [0, 0.1) is 0 Å². The number of carboxylic acids is 1. The fraction of sp³-hybridized carbons (Fsp3) is 0.538. The maximum atomic E-state index is 11.3. The first-order valence-corrected chi connectivity index (χ1v) is 6.63. The summed E-state index contributed by atoms with van der Waals surface area (Å²) in [6.07, 6.45) is 4.19. The number of aromatic nitrogens is 1. The van der Waals surface area contributed by atoms with Gasteiger partial charge in [0.05, 0.1) is 17.4 Å². The van der Waals surface area contributed by atoms with Crippen molar-refractivity contribution < 1.29 is 9.90 Å². The molecule has 0 spiro atoms. The molecule has 2 fully saturated rings. The zero-order valence-corrected chi connectivity index (χ0v) is 10.7. The number of hydrogen-bond acceptors (Lipinski definition) is 5. The second-order valence-electron chi connectivity index (χ2n) is 5.19. The molecule has 1 aliphatic heterocycles. The van der Waals surface area contributed by atoms with E-state index >= 15 is 0 Å². The molecule has 1 saturated carbocycles. The molecule has 2 heterocycles. The lowest BCUT2D eigenvalue weighted by atomic mass is 10.1. The molecule has 1 saturated heterocycles. The average molecular weight is 262 g/mol. The van der Waals surface area contributed by atoms with E-state index in [0.717, 1.165) is 32.2 Å². The second-order valence-corrected chi connectivity index (χ2v) is 5.19. The van der Waals surface area contributed by atoms with E-state index in [4.69, 9.17) is 5.73 Å². The Morgan fingerprint density at radius 3 is 2.58 bits per heavy atom. The molecule has 0 bridgehead atoms. The van der Waals surface area contributed by atoms with Crippen LogP contribution in [0.5, 0.6) is 0 Å². The number of pyridine rings is 1. The Bertz CT molecular complexity index is 493. The molecule has 6 heteroatoms. The Balaban J connectivity index is 1.77. The van der Waals surface area contributed by atoms with Crippen molar-refractivity contribution in [2.45, 2.75) is 18.9 Å². The highest BCUT2D eigenvalue weighted by molar-refractivity contribution is 5.95. The predicted molar refractivity (Wildman–Crippen MR) is 72.4 cm³/mol. The minimum atomic E-state index is -0.950. The zero-order valence-electron chi connectivity index (χ0n) is 10.7. The third-order valence-corrected chi connectivity index (χ3v) is 3.85. The van der Waals surface area contributed by atoms with Gasteiger partial charge >= 0.3 is 5.97 Å². The highest BCUT2D eigenvalue weighted by Gasteiger charge is 2.32. The molecule has 1 aromatic heterocycles. The van der Waals surface area contributed by atoms with E-state index in [0.29, 0.717) is 5.69 Å². The third-order valence-electron chi connectivity index (χ3n) is 3.85. The molecule has 1 aliphatic carbocycles. The van der Waals surface area contributed by atoms with Crippen LogP contribution in [0.15, 0.2) is 12.3 Å². The number of nitrogens with two attached hydrogens (primary N) is 1. The van der Waals surface area contributed by atoms with Crippen molar-refractivity contribution in [2.24, 2.45) is 0 Å². The van der Waals surface area contributed by atoms with Gasteiger partial charge in [-0.05, 0) is 18.9 Å². The van der Waals surface area contributed by atoms with E-state index in [2.05, 4.69) is 14.8 Å². The van der Waals surface area contributed by atoms with E-state index in [1.54, 1.807) is 6.20 Å². The lowest BCUT2D eigenvalue weighted by molar-refractivity contribution is 0.0697. The molecule has 6 nitrogen and oxygen atoms in total. The summed E-state index contributed by atoms with van der Waals surface area (Å²) in [5.74, 6) is -0.702. The number of carbonyl (C=O) groups is 1. The summed E-state index contributed by atoms with van der Waals surface area (Å²) in [6.45, 7) is 3.69. The zero-order chi connectivity index (χ0) is 13.4. The number of carboxylic acid groups (broad SMARTS) is 1. The molecular weight excluding hydrogens is 244 g/mol. The Labute approximate surface area is 111 Å². The van der Waals surface area contributed by atoms with Crippen LogP contribution in [-0.2, 0) is 0 Å². The summed E-state index contributed by atoms with van der Waals surface area (Å²) >= 11 is 0. The first kappa shape index (κ1) is 12.2. The first-order chi connectivity index (χ1) is 9.15. The van der Waals surface area contributed by atoms with Crippen molar-refractivity contribution in [1.29, 1.82) is 0 Å². The molecule has 0 radical (unpaired) electrons. The lowest BCUT2D eigenvalue weighted by Crippen LogP contribution is -2.47. The second kappa shape index (κ2) is 4.70. The maximum absolute atomic E-state index is 11.3. The van der Waals surface area contributed by atoms with Crippen LogP contribution < -0.4 is 10.6 Å². The van der Waals surface area contributed by atoms with Crippen LogP contribution in [0.4, 0.5) is 11.5 Å². The van der Waals surface area contributed by atoms with E-state index in [1.165, 1.54) is 18.9 Å². The van der Waals surface area contributed by atoms with Gasteiger partial charge in [0, 0.05) is 32.2 Å². The van der Waals surface area contributed by atoms with E-state index in [1.807, 2.05) is 0 Å². The minimum Gasteiger partial charge on any atom is -0.478 e. The molecule has 1 aromatic rings. The van der Waals surface area contributed by atoms with Gasteiger partial charge in [-0.25, -0.2) is 9.78 Å². The van der Waals surface area contributed by atoms with Crippen molar-refractivity contribution in [3.05, 3.63) is 17.8 Å². The average Bonchev–Trinajstić information content (AvgIpc) is 3.23. The minimum absolute atomic E-state index is 0.243. The van der Waals surface area contributed by atoms with Crippen molar-refractivity contribution in [3.8, 4) is 0 Å². The van der Waals surface area contributed by atoms with Crippen molar-refractivity contribution in [1.82, 2.24) is 9.88 Å². The van der Waals surface area contributed by atoms with E-state index in [-0.39, 0.29) is 11.4 Å². The van der Waals surface area contributed by atoms with Gasteiger partial charge in [-0.15, -0.1) is 0 Å². The Hall–Kier alpha value is -1.82. The molecule has 19 heavy (non-hydrogen) atoms. The number of anilines is 2. The van der Waals surface area contributed by atoms with Crippen molar-refractivity contribution in [2.75, 3.05) is 36.8 Å². The molecule has 0 aromatic carbocycles. The van der Waals surface area contributed by atoms with Crippen LogP contribution in [0.3, 0.4) is 0 Å². The predicted octanol–water partition coefficient (Wildman–Crippen LogP) is 0.646. The highest BCUT2D eigenvalue weighted by Crippen LogP contribution is 2.29. The summed E-state index contributed by atoms with van der Waals surface area (Å²) in [7, 11) is 0. The Morgan fingerprint density at radius 1 is 1.32 bits per heavy atom. The Kier molecular flexibility index (Phi) is 3.02. The van der Waals surface area contributed by atoms with Crippen LogP contribution in [-0.4, -0.2) is 53.2 Å². The van der Waals surface area contributed by atoms with Gasteiger partial charge in [0.1, 0.15) is 5.82 Å². The normalized spacial score (nSPS) is 20.5. The van der Waals surface area contributed by atoms with Gasteiger partial charge in [0.25, 0.3) is 0 Å². The number of piperazine rings is 1. The Morgan fingerprint density at radius 2 is 2.00 bits per heavy atom. The molecule has 3 N–H and O–H groups in total. The molecule has 0 unspecified atom stereocenters. The summed E-state index contributed by atoms with van der Waals surface area (Å²) in [5.41, 5.74) is 6.48. The van der Waals surface area contributed by atoms with Gasteiger partial charge < -0.3 is 15.7 Å². The summed E-state index contributed by atoms with van der Waals surface area (Å²) in [4.78, 5) is 19.9. The number of nitrogen functional groups attached to an aromatic ring is 1. The quantitative estimate of drug-likeness (QED) is 0.832. The van der Waals surface area contributed by atoms with Gasteiger partial charge in [-0.3, -0.25) is 4.90 Å². The molecule has 3 rings (SSSR count). The fourth-order valence-electron chi connectivity index (χ4n) is 2.66. The van der Waals surface area contributed by atoms with Gasteiger partial charge in [-0.1, -0.05) is 0 Å². The van der Waals surface area contributed by atoms with Crippen LogP contribution >= 0.6 is 0 Å². The molecule has 0 amide bonds.